The predicted octanol–water partition coefficient (Wildman–Crippen LogP) is 2.86. The number of nitriles is 1. The van der Waals surface area contributed by atoms with Gasteiger partial charge in [-0.05, 0) is 25.1 Å². The molecule has 0 radical (unpaired) electrons. The molecule has 4 nitrogen and oxygen atoms in total. The SMILES string of the molecule is Cc1[nH]ncc1CNc1ccc(Cl)c(C#N)c1. The normalized spacial score (nSPS) is 9.94. The van der Waals surface area contributed by atoms with E-state index in [0.717, 1.165) is 16.9 Å². The Labute approximate surface area is 104 Å². The topological polar surface area (TPSA) is 64.5 Å². The molecule has 0 unspecified atom stereocenters. The van der Waals surface area contributed by atoms with E-state index >= 15 is 0 Å². The highest BCUT2D eigenvalue weighted by atomic mass is 35.5. The lowest BCUT2D eigenvalue weighted by Gasteiger charge is -2.06. The molecule has 0 fully saturated rings. The lowest BCUT2D eigenvalue weighted by atomic mass is 10.2. The number of aromatic amines is 1. The molecule has 1 heterocycles. The Hall–Kier alpha value is -1.99. The minimum Gasteiger partial charge on any atom is -0.381 e. The molecule has 1 aromatic heterocycles. The second-order valence-corrected chi connectivity index (χ2v) is 4.09. The van der Waals surface area contributed by atoms with E-state index < -0.39 is 0 Å². The molecule has 2 rings (SSSR count). The molecule has 0 saturated carbocycles. The van der Waals surface area contributed by atoms with Gasteiger partial charge in [0.05, 0.1) is 16.8 Å². The quantitative estimate of drug-likeness (QED) is 0.875. The average Bonchev–Trinajstić information content (AvgIpc) is 2.74. The number of hydrogen-bond donors (Lipinski definition) is 2. The molecule has 0 aliphatic carbocycles. The maximum Gasteiger partial charge on any atom is 0.101 e. The molecule has 0 bridgehead atoms. The minimum atomic E-state index is 0.470. The maximum absolute atomic E-state index is 8.86. The summed E-state index contributed by atoms with van der Waals surface area (Å²) in [5, 5.41) is 19.4. The van der Waals surface area contributed by atoms with Crippen LogP contribution in [0.15, 0.2) is 24.4 Å². The summed E-state index contributed by atoms with van der Waals surface area (Å²) in [6, 6.07) is 7.34. The van der Waals surface area contributed by atoms with Crippen LogP contribution in [0.1, 0.15) is 16.8 Å². The number of anilines is 1. The van der Waals surface area contributed by atoms with Crippen molar-refractivity contribution < 1.29 is 0 Å². The minimum absolute atomic E-state index is 0.470. The van der Waals surface area contributed by atoms with E-state index in [1.165, 1.54) is 0 Å². The van der Waals surface area contributed by atoms with Crippen LogP contribution in [0.3, 0.4) is 0 Å². The first-order chi connectivity index (χ1) is 8.20. The van der Waals surface area contributed by atoms with Gasteiger partial charge in [-0.1, -0.05) is 11.6 Å². The van der Waals surface area contributed by atoms with Crippen LogP contribution in [-0.2, 0) is 6.54 Å². The van der Waals surface area contributed by atoms with Crippen LogP contribution in [0, 0.1) is 18.3 Å². The van der Waals surface area contributed by atoms with Crippen molar-refractivity contribution in [2.24, 2.45) is 0 Å². The second-order valence-electron chi connectivity index (χ2n) is 3.68. The van der Waals surface area contributed by atoms with Crippen LogP contribution in [-0.4, -0.2) is 10.2 Å². The number of nitrogens with zero attached hydrogens (tertiary/aromatic N) is 2. The summed E-state index contributed by atoms with van der Waals surface area (Å²) in [6.07, 6.45) is 1.78. The van der Waals surface area contributed by atoms with Gasteiger partial charge in [-0.3, -0.25) is 5.10 Å². The lowest BCUT2D eigenvalue weighted by molar-refractivity contribution is 1.04. The van der Waals surface area contributed by atoms with Crippen LogP contribution >= 0.6 is 11.6 Å². The van der Waals surface area contributed by atoms with Gasteiger partial charge in [-0.25, -0.2) is 0 Å². The van der Waals surface area contributed by atoms with E-state index in [4.69, 9.17) is 16.9 Å². The van der Waals surface area contributed by atoms with Gasteiger partial charge in [0.1, 0.15) is 6.07 Å². The van der Waals surface area contributed by atoms with Gasteiger partial charge in [0.15, 0.2) is 0 Å². The fourth-order valence-corrected chi connectivity index (χ4v) is 1.63. The molecule has 2 N–H and O–H groups in total. The Morgan fingerprint density at radius 1 is 1.53 bits per heavy atom. The molecule has 0 aliphatic rings. The van der Waals surface area contributed by atoms with E-state index in [1.807, 2.05) is 19.1 Å². The van der Waals surface area contributed by atoms with Crippen LogP contribution < -0.4 is 5.32 Å². The van der Waals surface area contributed by atoms with Gasteiger partial charge in [-0.2, -0.15) is 10.4 Å². The summed E-state index contributed by atoms with van der Waals surface area (Å²) < 4.78 is 0. The van der Waals surface area contributed by atoms with Crippen molar-refractivity contribution in [3.8, 4) is 6.07 Å². The first-order valence-electron chi connectivity index (χ1n) is 5.13. The molecule has 1 aromatic carbocycles. The number of aryl methyl sites for hydroxylation is 1. The maximum atomic E-state index is 8.86. The summed E-state index contributed by atoms with van der Waals surface area (Å²) in [4.78, 5) is 0. The Bertz CT molecular complexity index is 568. The first kappa shape index (κ1) is 11.5. The highest BCUT2D eigenvalue weighted by Crippen LogP contribution is 2.20. The summed E-state index contributed by atoms with van der Waals surface area (Å²) in [7, 11) is 0. The van der Waals surface area contributed by atoms with Crippen molar-refractivity contribution >= 4 is 17.3 Å². The highest BCUT2D eigenvalue weighted by Gasteiger charge is 2.03. The summed E-state index contributed by atoms with van der Waals surface area (Å²) in [5.41, 5.74) is 3.47. The van der Waals surface area contributed by atoms with Gasteiger partial charge in [-0.15, -0.1) is 0 Å². The second kappa shape index (κ2) is 4.89. The zero-order valence-corrected chi connectivity index (χ0v) is 10.0. The van der Waals surface area contributed by atoms with Gasteiger partial charge < -0.3 is 5.32 Å². The van der Waals surface area contributed by atoms with Crippen molar-refractivity contribution in [1.82, 2.24) is 10.2 Å². The van der Waals surface area contributed by atoms with Crippen molar-refractivity contribution in [3.63, 3.8) is 0 Å². The first-order valence-corrected chi connectivity index (χ1v) is 5.51. The number of rotatable bonds is 3. The summed E-state index contributed by atoms with van der Waals surface area (Å²) in [5.74, 6) is 0. The number of halogens is 1. The number of nitrogens with one attached hydrogen (secondary N) is 2. The number of hydrogen-bond acceptors (Lipinski definition) is 3. The fourth-order valence-electron chi connectivity index (χ4n) is 1.47. The molecule has 2 aromatic rings. The standard InChI is InChI=1S/C12H11ClN4/c1-8-10(7-16-17-8)6-15-11-2-3-12(13)9(4-11)5-14/h2-4,7,15H,6H2,1H3,(H,16,17). The monoisotopic (exact) mass is 246 g/mol. The molecule has 86 valence electrons. The largest absolute Gasteiger partial charge is 0.381 e. The third-order valence-electron chi connectivity index (χ3n) is 2.50. The Morgan fingerprint density at radius 2 is 2.35 bits per heavy atom. The Morgan fingerprint density at radius 3 is 3.00 bits per heavy atom. The van der Waals surface area contributed by atoms with Crippen molar-refractivity contribution in [3.05, 3.63) is 46.2 Å². The molecule has 0 atom stereocenters. The van der Waals surface area contributed by atoms with E-state index in [1.54, 1.807) is 18.3 Å². The highest BCUT2D eigenvalue weighted by molar-refractivity contribution is 6.31. The zero-order valence-electron chi connectivity index (χ0n) is 9.29. The van der Waals surface area contributed by atoms with Crippen LogP contribution in [0.5, 0.6) is 0 Å². The number of aromatic nitrogens is 2. The van der Waals surface area contributed by atoms with E-state index in [2.05, 4.69) is 15.5 Å². The molecule has 0 aliphatic heterocycles. The lowest BCUT2D eigenvalue weighted by Crippen LogP contribution is -2.00. The molecule has 0 spiro atoms. The van der Waals surface area contributed by atoms with Crippen molar-refractivity contribution in [2.75, 3.05) is 5.32 Å². The van der Waals surface area contributed by atoms with Crippen LogP contribution in [0.2, 0.25) is 5.02 Å². The smallest absolute Gasteiger partial charge is 0.101 e. The number of benzene rings is 1. The number of H-pyrrole nitrogens is 1. The van der Waals surface area contributed by atoms with E-state index in [0.29, 0.717) is 17.1 Å². The third kappa shape index (κ3) is 2.58. The predicted molar refractivity (Wildman–Crippen MR) is 66.8 cm³/mol. The molecular formula is C12H11ClN4. The van der Waals surface area contributed by atoms with Crippen LogP contribution in [0.25, 0.3) is 0 Å². The Kier molecular flexibility index (Phi) is 3.31. The molecular weight excluding hydrogens is 236 g/mol. The molecule has 17 heavy (non-hydrogen) atoms. The van der Waals surface area contributed by atoms with Crippen LogP contribution in [0.4, 0.5) is 5.69 Å². The van der Waals surface area contributed by atoms with E-state index in [9.17, 15) is 0 Å². The van der Waals surface area contributed by atoms with Crippen molar-refractivity contribution in [2.45, 2.75) is 13.5 Å². The Balaban J connectivity index is 2.10. The molecule has 5 heteroatoms. The van der Waals surface area contributed by atoms with Gasteiger partial charge in [0.2, 0.25) is 0 Å². The third-order valence-corrected chi connectivity index (χ3v) is 2.83. The summed E-state index contributed by atoms with van der Waals surface area (Å²) >= 11 is 5.86. The molecule has 0 amide bonds. The summed E-state index contributed by atoms with van der Waals surface area (Å²) in [6.45, 7) is 2.63. The van der Waals surface area contributed by atoms with E-state index in [-0.39, 0.29) is 0 Å². The van der Waals surface area contributed by atoms with Crippen molar-refractivity contribution in [1.29, 1.82) is 5.26 Å². The average molecular weight is 247 g/mol. The molecule has 0 saturated heterocycles. The van der Waals surface area contributed by atoms with Gasteiger partial charge in [0, 0.05) is 23.5 Å². The van der Waals surface area contributed by atoms with Gasteiger partial charge in [0.25, 0.3) is 0 Å². The zero-order chi connectivity index (χ0) is 12.3. The fraction of sp³-hybridized carbons (Fsp3) is 0.167. The van der Waals surface area contributed by atoms with Gasteiger partial charge >= 0.3 is 0 Å².